The fourth-order valence-electron chi connectivity index (χ4n) is 3.91. The summed E-state index contributed by atoms with van der Waals surface area (Å²) in [5.74, 6) is 0.138. The van der Waals surface area contributed by atoms with E-state index in [4.69, 9.17) is 4.74 Å². The maximum Gasteiger partial charge on any atom is 0.228 e. The molecule has 0 aromatic heterocycles. The molecule has 0 aromatic carbocycles. The van der Waals surface area contributed by atoms with Gasteiger partial charge in [0.05, 0.1) is 19.1 Å². The lowest BCUT2D eigenvalue weighted by molar-refractivity contribution is -0.137. The van der Waals surface area contributed by atoms with E-state index in [2.05, 4.69) is 10.2 Å². The van der Waals surface area contributed by atoms with Crippen molar-refractivity contribution in [2.75, 3.05) is 66.1 Å². The summed E-state index contributed by atoms with van der Waals surface area (Å²) in [4.78, 5) is 31.2. The van der Waals surface area contributed by atoms with Crippen molar-refractivity contribution in [2.24, 2.45) is 5.92 Å². The van der Waals surface area contributed by atoms with Crippen molar-refractivity contribution in [3.8, 4) is 0 Å². The van der Waals surface area contributed by atoms with Crippen LogP contribution in [0.1, 0.15) is 19.3 Å². The minimum absolute atomic E-state index is 0.129. The first kappa shape index (κ1) is 17.6. The highest BCUT2D eigenvalue weighted by Gasteiger charge is 2.37. The molecule has 2 atom stereocenters. The number of carbonyl (C=O) groups excluding carboxylic acids is 2. The molecule has 1 N–H and O–H groups in total. The Balaban J connectivity index is 1.47. The summed E-state index contributed by atoms with van der Waals surface area (Å²) in [7, 11) is 1.95. The molecule has 3 aliphatic rings. The first-order valence-corrected chi connectivity index (χ1v) is 9.21. The third-order valence-corrected chi connectivity index (χ3v) is 5.49. The van der Waals surface area contributed by atoms with Crippen LogP contribution in [-0.4, -0.2) is 98.6 Å². The van der Waals surface area contributed by atoms with Gasteiger partial charge in [0, 0.05) is 58.3 Å². The fraction of sp³-hybridized carbons (Fsp3) is 0.882. The normalized spacial score (nSPS) is 29.3. The summed E-state index contributed by atoms with van der Waals surface area (Å²) in [6.07, 6.45) is 2.54. The molecule has 24 heavy (non-hydrogen) atoms. The average Bonchev–Trinajstić information content (AvgIpc) is 3.01. The third-order valence-electron chi connectivity index (χ3n) is 5.49. The molecular weight excluding hydrogens is 308 g/mol. The lowest BCUT2D eigenvalue weighted by atomic mass is 10.0. The molecule has 136 valence electrons. The predicted molar refractivity (Wildman–Crippen MR) is 90.6 cm³/mol. The zero-order chi connectivity index (χ0) is 16.9. The predicted octanol–water partition coefficient (Wildman–Crippen LogP) is -0.622. The Labute approximate surface area is 144 Å². The van der Waals surface area contributed by atoms with E-state index in [1.54, 1.807) is 0 Å². The molecule has 0 aromatic rings. The van der Waals surface area contributed by atoms with Gasteiger partial charge in [-0.25, -0.2) is 0 Å². The number of nitrogens with one attached hydrogen (secondary N) is 1. The topological polar surface area (TPSA) is 65.1 Å². The van der Waals surface area contributed by atoms with Gasteiger partial charge in [-0.15, -0.1) is 0 Å². The molecule has 0 aliphatic carbocycles. The first-order chi connectivity index (χ1) is 11.7. The van der Waals surface area contributed by atoms with Crippen LogP contribution < -0.4 is 5.32 Å². The Kier molecular flexibility index (Phi) is 6.08. The van der Waals surface area contributed by atoms with Gasteiger partial charge in [0.15, 0.2) is 0 Å². The highest BCUT2D eigenvalue weighted by atomic mass is 16.5. The number of ether oxygens (including phenoxy) is 1. The van der Waals surface area contributed by atoms with Crippen LogP contribution in [0.25, 0.3) is 0 Å². The lowest BCUT2D eigenvalue weighted by Crippen LogP contribution is -2.49. The minimum atomic E-state index is -0.155. The van der Waals surface area contributed by atoms with Gasteiger partial charge in [0.1, 0.15) is 0 Å². The van der Waals surface area contributed by atoms with Crippen molar-refractivity contribution in [1.82, 2.24) is 20.0 Å². The van der Waals surface area contributed by atoms with Crippen molar-refractivity contribution < 1.29 is 14.3 Å². The summed E-state index contributed by atoms with van der Waals surface area (Å²) in [6.45, 7) is 7.20. The number of morpholine rings is 1. The molecule has 3 saturated heterocycles. The number of nitrogens with zero attached hydrogens (tertiary/aromatic N) is 3. The van der Waals surface area contributed by atoms with Gasteiger partial charge in [0.2, 0.25) is 11.8 Å². The third kappa shape index (κ3) is 4.26. The van der Waals surface area contributed by atoms with E-state index >= 15 is 0 Å². The van der Waals surface area contributed by atoms with Crippen molar-refractivity contribution >= 4 is 11.8 Å². The van der Waals surface area contributed by atoms with Crippen molar-refractivity contribution in [3.05, 3.63) is 0 Å². The van der Waals surface area contributed by atoms with Gasteiger partial charge >= 0.3 is 0 Å². The molecule has 2 unspecified atom stereocenters. The second-order valence-electron chi connectivity index (χ2n) is 7.11. The van der Waals surface area contributed by atoms with Crippen molar-refractivity contribution in [3.63, 3.8) is 0 Å². The van der Waals surface area contributed by atoms with Crippen LogP contribution in [-0.2, 0) is 14.3 Å². The van der Waals surface area contributed by atoms with E-state index in [9.17, 15) is 9.59 Å². The number of likely N-dealkylation sites (N-methyl/N-ethyl adjacent to an activating group) is 1. The molecule has 3 aliphatic heterocycles. The second-order valence-corrected chi connectivity index (χ2v) is 7.11. The molecule has 3 rings (SSSR count). The lowest BCUT2D eigenvalue weighted by Gasteiger charge is -2.34. The Morgan fingerprint density at radius 1 is 1.21 bits per heavy atom. The van der Waals surface area contributed by atoms with Gasteiger partial charge in [-0.1, -0.05) is 0 Å². The monoisotopic (exact) mass is 338 g/mol. The molecule has 0 radical (unpaired) electrons. The quantitative estimate of drug-likeness (QED) is 0.724. The molecular formula is C17H30N4O3. The fourth-order valence-corrected chi connectivity index (χ4v) is 3.91. The highest BCUT2D eigenvalue weighted by molar-refractivity contribution is 5.89. The van der Waals surface area contributed by atoms with Crippen LogP contribution in [0.5, 0.6) is 0 Å². The average molecular weight is 338 g/mol. The first-order valence-electron chi connectivity index (χ1n) is 9.21. The molecule has 7 heteroatoms. The van der Waals surface area contributed by atoms with E-state index in [1.807, 2.05) is 16.8 Å². The number of likely N-dealkylation sites (tertiary alicyclic amines) is 2. The van der Waals surface area contributed by atoms with Gasteiger partial charge in [-0.2, -0.15) is 0 Å². The number of hydrogen-bond donors (Lipinski definition) is 1. The van der Waals surface area contributed by atoms with Gasteiger partial charge in [0.25, 0.3) is 0 Å². The minimum Gasteiger partial charge on any atom is -0.379 e. The van der Waals surface area contributed by atoms with E-state index in [1.165, 1.54) is 0 Å². The SMILES string of the molecule is CNC1CCCN(C(=O)C2CC(=O)N(CCN3CCOCC3)C2)C1. The molecule has 0 saturated carbocycles. The number of piperidine rings is 1. The largest absolute Gasteiger partial charge is 0.379 e. The molecule has 2 amide bonds. The van der Waals surface area contributed by atoms with Crippen molar-refractivity contribution in [1.29, 1.82) is 0 Å². The number of carbonyl (C=O) groups is 2. The van der Waals surface area contributed by atoms with Crippen molar-refractivity contribution in [2.45, 2.75) is 25.3 Å². The van der Waals surface area contributed by atoms with Crippen LogP contribution in [0.4, 0.5) is 0 Å². The molecule has 0 spiro atoms. The molecule has 3 fully saturated rings. The smallest absolute Gasteiger partial charge is 0.228 e. The number of hydrogen-bond acceptors (Lipinski definition) is 5. The summed E-state index contributed by atoms with van der Waals surface area (Å²) < 4.78 is 5.35. The molecule has 3 heterocycles. The van der Waals surface area contributed by atoms with E-state index in [0.717, 1.165) is 65.3 Å². The summed E-state index contributed by atoms with van der Waals surface area (Å²) >= 11 is 0. The van der Waals surface area contributed by atoms with Crippen LogP contribution in [0.15, 0.2) is 0 Å². The van der Waals surface area contributed by atoms with Crippen LogP contribution >= 0.6 is 0 Å². The van der Waals surface area contributed by atoms with Gasteiger partial charge in [-0.05, 0) is 19.9 Å². The molecule has 7 nitrogen and oxygen atoms in total. The number of amides is 2. The number of rotatable bonds is 5. The zero-order valence-electron chi connectivity index (χ0n) is 14.7. The van der Waals surface area contributed by atoms with Gasteiger partial charge < -0.3 is 19.9 Å². The maximum atomic E-state index is 12.8. The van der Waals surface area contributed by atoms with Gasteiger partial charge in [-0.3, -0.25) is 14.5 Å². The zero-order valence-corrected chi connectivity index (χ0v) is 14.7. The van der Waals surface area contributed by atoms with E-state index in [-0.39, 0.29) is 17.7 Å². The Morgan fingerprint density at radius 2 is 2.00 bits per heavy atom. The summed E-state index contributed by atoms with van der Waals surface area (Å²) in [6, 6.07) is 0.386. The summed E-state index contributed by atoms with van der Waals surface area (Å²) in [5, 5.41) is 3.27. The van der Waals surface area contributed by atoms with Crippen LogP contribution in [0, 0.1) is 5.92 Å². The Hall–Kier alpha value is -1.18. The van der Waals surface area contributed by atoms with E-state index in [0.29, 0.717) is 19.0 Å². The Bertz CT molecular complexity index is 453. The van der Waals surface area contributed by atoms with E-state index < -0.39 is 0 Å². The Morgan fingerprint density at radius 3 is 2.75 bits per heavy atom. The highest BCUT2D eigenvalue weighted by Crippen LogP contribution is 2.22. The molecule has 0 bridgehead atoms. The maximum absolute atomic E-state index is 12.8. The standard InChI is InChI=1S/C17H30N4O3/c1-18-15-3-2-4-21(13-15)17(23)14-11-16(22)20(12-14)6-5-19-7-9-24-10-8-19/h14-15,18H,2-13H2,1H3. The van der Waals surface area contributed by atoms with Crippen LogP contribution in [0.2, 0.25) is 0 Å². The second kappa shape index (κ2) is 8.27. The summed E-state index contributed by atoms with van der Waals surface area (Å²) in [5.41, 5.74) is 0. The van der Waals surface area contributed by atoms with Crippen LogP contribution in [0.3, 0.4) is 0 Å².